The summed E-state index contributed by atoms with van der Waals surface area (Å²) >= 11 is 0. The molecule has 1 aromatic heterocycles. The van der Waals surface area contributed by atoms with Gasteiger partial charge < -0.3 is 14.5 Å². The Morgan fingerprint density at radius 1 is 1.23 bits per heavy atom. The van der Waals surface area contributed by atoms with Gasteiger partial charge in [-0.3, -0.25) is 9.69 Å². The number of urea groups is 1. The summed E-state index contributed by atoms with van der Waals surface area (Å²) in [7, 11) is 1.31. The molecule has 1 aliphatic heterocycles. The summed E-state index contributed by atoms with van der Waals surface area (Å²) < 4.78 is 10.5. The van der Waals surface area contributed by atoms with Crippen molar-refractivity contribution in [1.29, 1.82) is 0 Å². The van der Waals surface area contributed by atoms with E-state index in [0.29, 0.717) is 35.6 Å². The van der Waals surface area contributed by atoms with Gasteiger partial charge >= 0.3 is 12.0 Å². The van der Waals surface area contributed by atoms with Crippen LogP contribution in [-0.2, 0) is 9.53 Å². The maximum atomic E-state index is 12.2. The zero-order chi connectivity index (χ0) is 18.7. The van der Waals surface area contributed by atoms with E-state index >= 15 is 0 Å². The number of furan rings is 1. The monoisotopic (exact) mass is 354 g/mol. The second kappa shape index (κ2) is 7.26. The number of carbonyl (C=O) groups is 3. The number of hydrogen-bond donors (Lipinski definition) is 1. The molecule has 0 bridgehead atoms. The molecule has 0 atom stereocenters. The summed E-state index contributed by atoms with van der Waals surface area (Å²) in [6, 6.07) is 9.82. The molecule has 0 spiro atoms. The molecule has 0 unspecified atom stereocenters. The van der Waals surface area contributed by atoms with E-state index in [2.05, 4.69) is 5.32 Å². The largest absolute Gasteiger partial charge is 0.465 e. The van der Waals surface area contributed by atoms with Crippen LogP contribution in [0.5, 0.6) is 0 Å². The van der Waals surface area contributed by atoms with E-state index in [1.54, 1.807) is 36.4 Å². The highest BCUT2D eigenvalue weighted by molar-refractivity contribution is 6.13. The molecule has 3 amide bonds. The Hall–Kier alpha value is -3.35. The highest BCUT2D eigenvalue weighted by Crippen LogP contribution is 2.27. The van der Waals surface area contributed by atoms with Gasteiger partial charge in [-0.1, -0.05) is 25.1 Å². The molecule has 2 heterocycles. The lowest BCUT2D eigenvalue weighted by Gasteiger charge is -2.08. The molecule has 134 valence electrons. The fourth-order valence-electron chi connectivity index (χ4n) is 2.70. The highest BCUT2D eigenvalue weighted by Gasteiger charge is 2.32. The number of benzene rings is 1. The summed E-state index contributed by atoms with van der Waals surface area (Å²) in [5, 5.41) is 2.54. The quantitative estimate of drug-likeness (QED) is 0.506. The maximum Gasteiger partial charge on any atom is 0.338 e. The van der Waals surface area contributed by atoms with E-state index in [1.165, 1.54) is 13.2 Å². The van der Waals surface area contributed by atoms with Crippen molar-refractivity contribution >= 4 is 24.0 Å². The first-order valence-corrected chi connectivity index (χ1v) is 8.17. The third kappa shape index (κ3) is 3.23. The molecule has 1 fully saturated rings. The van der Waals surface area contributed by atoms with Crippen LogP contribution in [0.2, 0.25) is 0 Å². The minimum atomic E-state index is -0.467. The van der Waals surface area contributed by atoms with Crippen molar-refractivity contribution in [1.82, 2.24) is 10.2 Å². The summed E-state index contributed by atoms with van der Waals surface area (Å²) in [5.41, 5.74) is 1.12. The van der Waals surface area contributed by atoms with E-state index in [0.717, 1.165) is 4.90 Å². The number of esters is 1. The first-order valence-electron chi connectivity index (χ1n) is 8.17. The van der Waals surface area contributed by atoms with Crippen molar-refractivity contribution in [3.05, 3.63) is 53.4 Å². The average Bonchev–Trinajstić information content (AvgIpc) is 3.22. The van der Waals surface area contributed by atoms with E-state index in [4.69, 9.17) is 9.15 Å². The zero-order valence-corrected chi connectivity index (χ0v) is 14.4. The van der Waals surface area contributed by atoms with E-state index in [1.807, 2.05) is 6.92 Å². The third-order valence-corrected chi connectivity index (χ3v) is 3.92. The summed E-state index contributed by atoms with van der Waals surface area (Å²) in [5.74, 6) is -0.00295. The lowest BCUT2D eigenvalue weighted by molar-refractivity contribution is -0.122. The molecule has 0 radical (unpaired) electrons. The molecular weight excluding hydrogens is 336 g/mol. The number of imide groups is 1. The van der Waals surface area contributed by atoms with Crippen LogP contribution in [-0.4, -0.2) is 36.5 Å². The molecule has 0 aliphatic carbocycles. The van der Waals surface area contributed by atoms with Crippen LogP contribution in [0, 0.1) is 0 Å². The van der Waals surface area contributed by atoms with Crippen LogP contribution < -0.4 is 5.32 Å². The normalized spacial score (nSPS) is 15.5. The maximum absolute atomic E-state index is 12.2. The van der Waals surface area contributed by atoms with Gasteiger partial charge in [-0.05, 0) is 24.6 Å². The lowest BCUT2D eigenvalue weighted by Crippen LogP contribution is -2.31. The molecule has 1 aromatic carbocycles. The first kappa shape index (κ1) is 17.5. The second-order valence-electron chi connectivity index (χ2n) is 5.68. The number of methoxy groups -OCH3 is 1. The highest BCUT2D eigenvalue weighted by atomic mass is 16.5. The number of amides is 3. The fraction of sp³-hybridized carbons (Fsp3) is 0.211. The Balaban J connectivity index is 1.89. The van der Waals surface area contributed by atoms with Crippen molar-refractivity contribution < 1.29 is 23.5 Å². The predicted octanol–water partition coefficient (Wildman–Crippen LogP) is 3.04. The van der Waals surface area contributed by atoms with Crippen LogP contribution >= 0.6 is 0 Å². The van der Waals surface area contributed by atoms with Crippen molar-refractivity contribution in [2.45, 2.75) is 13.3 Å². The van der Waals surface area contributed by atoms with Gasteiger partial charge in [0.25, 0.3) is 5.91 Å². The minimum absolute atomic E-state index is 0.158. The van der Waals surface area contributed by atoms with Gasteiger partial charge in [0.2, 0.25) is 0 Å². The Kier molecular flexibility index (Phi) is 4.88. The first-order chi connectivity index (χ1) is 12.5. The molecule has 3 rings (SSSR count). The average molecular weight is 354 g/mol. The molecule has 2 aromatic rings. The number of nitrogens with one attached hydrogen (secondary N) is 1. The lowest BCUT2D eigenvalue weighted by atomic mass is 10.1. The summed E-state index contributed by atoms with van der Waals surface area (Å²) in [6.45, 7) is 2.25. The Labute approximate surface area is 150 Å². The van der Waals surface area contributed by atoms with Crippen LogP contribution in [0.15, 0.2) is 46.5 Å². The summed E-state index contributed by atoms with van der Waals surface area (Å²) in [4.78, 5) is 37.1. The van der Waals surface area contributed by atoms with Crippen molar-refractivity contribution in [2.24, 2.45) is 0 Å². The van der Waals surface area contributed by atoms with Gasteiger partial charge in [0.15, 0.2) is 0 Å². The van der Waals surface area contributed by atoms with E-state index in [9.17, 15) is 14.4 Å². The number of rotatable bonds is 5. The fourth-order valence-corrected chi connectivity index (χ4v) is 2.70. The van der Waals surface area contributed by atoms with Gasteiger partial charge in [-0.15, -0.1) is 0 Å². The molecule has 1 aliphatic rings. The minimum Gasteiger partial charge on any atom is -0.465 e. The van der Waals surface area contributed by atoms with Crippen LogP contribution in [0.25, 0.3) is 17.4 Å². The van der Waals surface area contributed by atoms with Gasteiger partial charge in [0, 0.05) is 18.2 Å². The topological polar surface area (TPSA) is 88.8 Å². The number of ether oxygens (including phenoxy) is 1. The van der Waals surface area contributed by atoms with Crippen molar-refractivity contribution in [2.75, 3.05) is 13.7 Å². The summed E-state index contributed by atoms with van der Waals surface area (Å²) in [6.07, 6.45) is 2.15. The number of carbonyl (C=O) groups excluding carboxylic acids is 3. The molecule has 1 N–H and O–H groups in total. The van der Waals surface area contributed by atoms with Crippen molar-refractivity contribution in [3.63, 3.8) is 0 Å². The standard InChI is InChI=1S/C19H18N2O5/c1-3-10-21-17(22)15(20-19(21)24)11-12-8-9-16(26-12)13-6-4-5-7-14(13)18(23)25-2/h4-9,11H,3,10H2,1-2H3,(H,20,24)/b15-11+. The third-order valence-electron chi connectivity index (χ3n) is 3.92. The SMILES string of the molecule is CCCN1C(=O)N/C(=C/c2ccc(-c3ccccc3C(=O)OC)o2)C1=O. The Morgan fingerprint density at radius 2 is 2.00 bits per heavy atom. The zero-order valence-electron chi connectivity index (χ0n) is 14.4. The molecule has 0 saturated carbocycles. The molecule has 7 nitrogen and oxygen atoms in total. The smallest absolute Gasteiger partial charge is 0.338 e. The second-order valence-corrected chi connectivity index (χ2v) is 5.68. The van der Waals surface area contributed by atoms with Gasteiger partial charge in [-0.2, -0.15) is 0 Å². The van der Waals surface area contributed by atoms with Crippen LogP contribution in [0.3, 0.4) is 0 Å². The van der Waals surface area contributed by atoms with Gasteiger partial charge in [0.1, 0.15) is 17.2 Å². The van der Waals surface area contributed by atoms with E-state index < -0.39 is 12.0 Å². The van der Waals surface area contributed by atoms with Gasteiger partial charge in [-0.25, -0.2) is 9.59 Å². The molecular formula is C19H18N2O5. The van der Waals surface area contributed by atoms with Gasteiger partial charge in [0.05, 0.1) is 12.7 Å². The van der Waals surface area contributed by atoms with Crippen LogP contribution in [0.1, 0.15) is 29.5 Å². The molecule has 7 heteroatoms. The predicted molar refractivity (Wildman–Crippen MR) is 94.0 cm³/mol. The van der Waals surface area contributed by atoms with E-state index in [-0.39, 0.29) is 11.6 Å². The number of hydrogen-bond acceptors (Lipinski definition) is 5. The van der Waals surface area contributed by atoms with Crippen LogP contribution in [0.4, 0.5) is 4.79 Å². The number of nitrogens with zero attached hydrogens (tertiary/aromatic N) is 1. The van der Waals surface area contributed by atoms with Crippen molar-refractivity contribution in [3.8, 4) is 11.3 Å². The Morgan fingerprint density at radius 3 is 2.73 bits per heavy atom. The Bertz CT molecular complexity index is 897. The molecule has 1 saturated heterocycles. The molecule has 26 heavy (non-hydrogen) atoms.